The van der Waals surface area contributed by atoms with E-state index in [0.717, 1.165) is 0 Å². The topological polar surface area (TPSA) is 214 Å². The standard InChI is InChI=1S/C21H39N5O7S/c1-12(2)17(21(32)33)26-20(31)15(9-11-34-3)25-19(30)14(6-4-5-10-22)24-18(29)13(23)7-8-16(27)28/h12-15,17H,4-11,22-23H2,1-3H3,(H,24,29)(H,25,30)(H,26,31)(H,27,28)(H,32,33). The van der Waals surface area contributed by atoms with Crippen molar-refractivity contribution in [1.82, 2.24) is 16.0 Å². The fourth-order valence-corrected chi connectivity index (χ4v) is 3.47. The summed E-state index contributed by atoms with van der Waals surface area (Å²) < 4.78 is 0. The molecule has 0 radical (unpaired) electrons. The Morgan fingerprint density at radius 3 is 1.91 bits per heavy atom. The number of carboxylic acid groups (broad SMARTS) is 2. The van der Waals surface area contributed by atoms with Crippen LogP contribution in [0, 0.1) is 5.92 Å². The van der Waals surface area contributed by atoms with Crippen LogP contribution in [0.2, 0.25) is 0 Å². The first kappa shape index (κ1) is 31.6. The third-order valence-electron chi connectivity index (χ3n) is 5.06. The minimum Gasteiger partial charge on any atom is -0.481 e. The smallest absolute Gasteiger partial charge is 0.326 e. The second kappa shape index (κ2) is 17.1. The molecule has 0 fully saturated rings. The normalized spacial score (nSPS) is 14.5. The number of thioether (sulfide) groups is 1. The molecule has 4 atom stereocenters. The molecule has 0 saturated heterocycles. The lowest BCUT2D eigenvalue weighted by molar-refractivity contribution is -0.143. The van der Waals surface area contributed by atoms with Gasteiger partial charge in [0.15, 0.2) is 0 Å². The van der Waals surface area contributed by atoms with E-state index in [4.69, 9.17) is 16.6 Å². The number of nitrogens with one attached hydrogen (secondary N) is 3. The van der Waals surface area contributed by atoms with Crippen LogP contribution in [-0.4, -0.2) is 82.6 Å². The van der Waals surface area contributed by atoms with Gasteiger partial charge < -0.3 is 37.6 Å². The summed E-state index contributed by atoms with van der Waals surface area (Å²) >= 11 is 1.46. The average molecular weight is 506 g/mol. The van der Waals surface area contributed by atoms with Crippen molar-refractivity contribution in [2.75, 3.05) is 18.6 Å². The van der Waals surface area contributed by atoms with E-state index in [1.165, 1.54) is 11.8 Å². The molecule has 12 nitrogen and oxygen atoms in total. The molecule has 0 aromatic heterocycles. The zero-order chi connectivity index (χ0) is 26.3. The SMILES string of the molecule is CSCCC(NC(=O)C(CCCCN)NC(=O)C(N)CCC(=O)O)C(=O)NC(C(=O)O)C(C)C. The molecule has 0 aliphatic heterocycles. The molecule has 0 aromatic rings. The quantitative estimate of drug-likeness (QED) is 0.116. The lowest BCUT2D eigenvalue weighted by Crippen LogP contribution is -2.57. The molecule has 9 N–H and O–H groups in total. The zero-order valence-corrected chi connectivity index (χ0v) is 20.9. The van der Waals surface area contributed by atoms with Gasteiger partial charge in [-0.15, -0.1) is 0 Å². The molecule has 0 rings (SSSR count). The maximum Gasteiger partial charge on any atom is 0.326 e. The van der Waals surface area contributed by atoms with E-state index < -0.39 is 53.8 Å². The third-order valence-corrected chi connectivity index (χ3v) is 5.70. The fourth-order valence-electron chi connectivity index (χ4n) is 2.99. The summed E-state index contributed by atoms with van der Waals surface area (Å²) in [5.41, 5.74) is 11.3. The summed E-state index contributed by atoms with van der Waals surface area (Å²) in [6, 6.07) is -4.25. The van der Waals surface area contributed by atoms with Crippen molar-refractivity contribution >= 4 is 41.4 Å². The summed E-state index contributed by atoms with van der Waals surface area (Å²) in [7, 11) is 0. The van der Waals surface area contributed by atoms with Gasteiger partial charge in [0.25, 0.3) is 0 Å². The van der Waals surface area contributed by atoms with Gasteiger partial charge in [0.2, 0.25) is 17.7 Å². The highest BCUT2D eigenvalue weighted by Crippen LogP contribution is 2.08. The lowest BCUT2D eigenvalue weighted by Gasteiger charge is -2.26. The summed E-state index contributed by atoms with van der Waals surface area (Å²) in [5, 5.41) is 25.7. The maximum absolute atomic E-state index is 13.0. The first-order valence-electron chi connectivity index (χ1n) is 11.2. The molecule has 34 heavy (non-hydrogen) atoms. The van der Waals surface area contributed by atoms with Gasteiger partial charge >= 0.3 is 11.9 Å². The van der Waals surface area contributed by atoms with E-state index in [0.29, 0.717) is 25.1 Å². The van der Waals surface area contributed by atoms with Crippen molar-refractivity contribution in [3.8, 4) is 0 Å². The predicted molar refractivity (Wildman–Crippen MR) is 129 cm³/mol. The molecule has 196 valence electrons. The van der Waals surface area contributed by atoms with Crippen LogP contribution in [0.25, 0.3) is 0 Å². The molecule has 13 heteroatoms. The number of rotatable bonds is 18. The number of unbranched alkanes of at least 4 members (excludes halogenated alkanes) is 1. The minimum atomic E-state index is -1.18. The van der Waals surface area contributed by atoms with Crippen LogP contribution in [0.15, 0.2) is 0 Å². The van der Waals surface area contributed by atoms with E-state index >= 15 is 0 Å². The van der Waals surface area contributed by atoms with Gasteiger partial charge in [0, 0.05) is 6.42 Å². The molecule has 3 amide bonds. The Hall–Kier alpha value is -2.38. The largest absolute Gasteiger partial charge is 0.481 e. The highest BCUT2D eigenvalue weighted by atomic mass is 32.2. The van der Waals surface area contributed by atoms with Crippen LogP contribution in [0.5, 0.6) is 0 Å². The Kier molecular flexibility index (Phi) is 15.9. The molecule has 0 aliphatic carbocycles. The number of amides is 3. The molecule has 4 unspecified atom stereocenters. The molecule has 0 bridgehead atoms. The Morgan fingerprint density at radius 1 is 0.853 bits per heavy atom. The maximum atomic E-state index is 13.0. The number of nitrogens with two attached hydrogens (primary N) is 2. The highest BCUT2D eigenvalue weighted by Gasteiger charge is 2.31. The van der Waals surface area contributed by atoms with Gasteiger partial charge in [-0.05, 0) is 56.6 Å². The predicted octanol–water partition coefficient (Wildman–Crippen LogP) is -0.744. The van der Waals surface area contributed by atoms with E-state index in [2.05, 4.69) is 16.0 Å². The van der Waals surface area contributed by atoms with Crippen LogP contribution in [-0.2, 0) is 24.0 Å². The van der Waals surface area contributed by atoms with E-state index in [1.54, 1.807) is 13.8 Å². The van der Waals surface area contributed by atoms with Gasteiger partial charge in [-0.1, -0.05) is 13.8 Å². The molecule has 0 aromatic carbocycles. The van der Waals surface area contributed by atoms with Crippen LogP contribution < -0.4 is 27.4 Å². The summed E-state index contributed by atoms with van der Waals surface area (Å²) in [4.78, 5) is 60.4. The lowest BCUT2D eigenvalue weighted by atomic mass is 10.0. The second-order valence-electron chi connectivity index (χ2n) is 8.30. The monoisotopic (exact) mass is 505 g/mol. The zero-order valence-electron chi connectivity index (χ0n) is 20.0. The molecule has 0 aliphatic rings. The Bertz CT molecular complexity index is 692. The van der Waals surface area contributed by atoms with Gasteiger partial charge in [-0.2, -0.15) is 11.8 Å². The summed E-state index contributed by atoms with van der Waals surface area (Å²) in [6.07, 6.45) is 3.06. The van der Waals surface area contributed by atoms with Gasteiger partial charge in [-0.25, -0.2) is 4.79 Å². The van der Waals surface area contributed by atoms with Crippen molar-refractivity contribution in [1.29, 1.82) is 0 Å². The summed E-state index contributed by atoms with van der Waals surface area (Å²) in [6.45, 7) is 3.71. The van der Waals surface area contributed by atoms with Crippen molar-refractivity contribution in [2.24, 2.45) is 17.4 Å². The summed E-state index contributed by atoms with van der Waals surface area (Å²) in [5.74, 6) is -4.03. The van der Waals surface area contributed by atoms with E-state index in [9.17, 15) is 29.1 Å². The van der Waals surface area contributed by atoms with Crippen LogP contribution >= 0.6 is 11.8 Å². The van der Waals surface area contributed by atoms with Crippen molar-refractivity contribution < 1.29 is 34.2 Å². The number of hydrogen-bond acceptors (Lipinski definition) is 8. The number of aliphatic carboxylic acids is 2. The Balaban J connectivity index is 5.43. The number of carbonyl (C=O) groups excluding carboxylic acids is 3. The third kappa shape index (κ3) is 12.8. The number of hydrogen-bond donors (Lipinski definition) is 7. The molecular weight excluding hydrogens is 466 g/mol. The minimum absolute atomic E-state index is 0.0944. The van der Waals surface area contributed by atoms with Crippen LogP contribution in [0.3, 0.4) is 0 Å². The van der Waals surface area contributed by atoms with Crippen molar-refractivity contribution in [2.45, 2.75) is 76.5 Å². The van der Waals surface area contributed by atoms with Gasteiger partial charge in [0.1, 0.15) is 18.1 Å². The Morgan fingerprint density at radius 2 is 1.41 bits per heavy atom. The van der Waals surface area contributed by atoms with E-state index in [-0.39, 0.29) is 31.6 Å². The molecule has 0 saturated carbocycles. The van der Waals surface area contributed by atoms with Crippen LogP contribution in [0.4, 0.5) is 0 Å². The van der Waals surface area contributed by atoms with Crippen LogP contribution in [0.1, 0.15) is 52.4 Å². The average Bonchev–Trinajstić information content (AvgIpc) is 2.76. The van der Waals surface area contributed by atoms with Gasteiger partial charge in [-0.3, -0.25) is 19.2 Å². The van der Waals surface area contributed by atoms with Crippen molar-refractivity contribution in [3.05, 3.63) is 0 Å². The molecule has 0 heterocycles. The Labute approximate surface area is 204 Å². The van der Waals surface area contributed by atoms with Crippen molar-refractivity contribution in [3.63, 3.8) is 0 Å². The van der Waals surface area contributed by atoms with E-state index in [1.807, 2.05) is 6.26 Å². The number of carbonyl (C=O) groups is 5. The first-order valence-corrected chi connectivity index (χ1v) is 12.6. The molecular formula is C21H39N5O7S. The second-order valence-corrected chi connectivity index (χ2v) is 9.28. The highest BCUT2D eigenvalue weighted by molar-refractivity contribution is 7.98. The number of carboxylic acids is 2. The first-order chi connectivity index (χ1) is 15.9. The fraction of sp³-hybridized carbons (Fsp3) is 0.762. The van der Waals surface area contributed by atoms with Gasteiger partial charge in [0.05, 0.1) is 6.04 Å². The molecule has 0 spiro atoms.